The number of hydrogen-bond acceptors (Lipinski definition) is 3. The molecule has 74 valence electrons. The van der Waals surface area contributed by atoms with Crippen LogP contribution in [0.15, 0.2) is 0 Å². The third-order valence-electron chi connectivity index (χ3n) is 2.01. The first-order valence-electron chi connectivity index (χ1n) is 4.51. The fourth-order valence-electron chi connectivity index (χ4n) is 1.45. The maximum Gasteiger partial charge on any atom is 0.0718 e. The molecule has 0 spiro atoms. The van der Waals surface area contributed by atoms with E-state index >= 15 is 0 Å². The Balaban J connectivity index is 4.14. The van der Waals surface area contributed by atoms with Gasteiger partial charge >= 0.3 is 0 Å². The fraction of sp³-hybridized carbons (Fsp3) is 1.00. The molecule has 0 heterocycles. The van der Waals surface area contributed by atoms with E-state index in [1.54, 1.807) is 0 Å². The quantitative estimate of drug-likeness (QED) is 0.498. The van der Waals surface area contributed by atoms with Crippen LogP contribution in [0.4, 0.5) is 0 Å². The molecule has 3 N–H and O–H groups in total. The molecule has 0 amide bonds. The summed E-state index contributed by atoms with van der Waals surface area (Å²) < 4.78 is 5.48. The summed E-state index contributed by atoms with van der Waals surface area (Å²) in [5.74, 6) is 5.46. The predicted octanol–water partition coefficient (Wildman–Crippen LogP) is 1.29. The Morgan fingerprint density at radius 1 is 1.42 bits per heavy atom. The molecular weight excluding hydrogens is 152 g/mol. The summed E-state index contributed by atoms with van der Waals surface area (Å²) in [7, 11) is 0. The van der Waals surface area contributed by atoms with Gasteiger partial charge in [-0.15, -0.1) is 0 Å². The zero-order valence-corrected chi connectivity index (χ0v) is 8.85. The van der Waals surface area contributed by atoms with E-state index in [1.807, 2.05) is 13.8 Å². The lowest BCUT2D eigenvalue weighted by Crippen LogP contribution is -2.51. The maximum atomic E-state index is 5.48. The molecule has 2 unspecified atom stereocenters. The van der Waals surface area contributed by atoms with Gasteiger partial charge in [-0.25, -0.2) is 0 Å². The summed E-state index contributed by atoms with van der Waals surface area (Å²) in [5.41, 5.74) is 2.93. The molecule has 3 heteroatoms. The van der Waals surface area contributed by atoms with Crippen LogP contribution in [-0.4, -0.2) is 18.8 Å². The molecule has 0 aromatic carbocycles. The topological polar surface area (TPSA) is 47.3 Å². The predicted molar refractivity (Wildman–Crippen MR) is 51.7 cm³/mol. The number of nitrogens with one attached hydrogen (secondary N) is 1. The van der Waals surface area contributed by atoms with Crippen LogP contribution in [0.2, 0.25) is 0 Å². The Morgan fingerprint density at radius 3 is 2.17 bits per heavy atom. The highest BCUT2D eigenvalue weighted by Crippen LogP contribution is 2.22. The van der Waals surface area contributed by atoms with Gasteiger partial charge in [-0.1, -0.05) is 20.8 Å². The van der Waals surface area contributed by atoms with E-state index in [-0.39, 0.29) is 17.6 Å². The summed E-state index contributed by atoms with van der Waals surface area (Å²) in [5, 5.41) is 0. The molecule has 0 fully saturated rings. The minimum atomic E-state index is 0.128. The summed E-state index contributed by atoms with van der Waals surface area (Å²) in [4.78, 5) is 0. The highest BCUT2D eigenvalue weighted by Gasteiger charge is 2.28. The van der Waals surface area contributed by atoms with Crippen molar-refractivity contribution in [3.63, 3.8) is 0 Å². The Morgan fingerprint density at radius 2 is 1.92 bits per heavy atom. The smallest absolute Gasteiger partial charge is 0.0718 e. The van der Waals surface area contributed by atoms with Crippen molar-refractivity contribution < 1.29 is 4.74 Å². The molecule has 0 saturated heterocycles. The van der Waals surface area contributed by atoms with Crippen LogP contribution < -0.4 is 11.3 Å². The molecule has 0 aliphatic heterocycles. The second-order valence-corrected chi connectivity index (χ2v) is 4.17. The molecule has 2 atom stereocenters. The van der Waals surface area contributed by atoms with E-state index in [0.29, 0.717) is 0 Å². The van der Waals surface area contributed by atoms with Gasteiger partial charge in [0.25, 0.3) is 0 Å². The first-order chi connectivity index (χ1) is 5.43. The van der Waals surface area contributed by atoms with Gasteiger partial charge in [0.2, 0.25) is 0 Å². The molecule has 0 aliphatic rings. The highest BCUT2D eigenvalue weighted by atomic mass is 16.5. The van der Waals surface area contributed by atoms with Crippen LogP contribution in [0, 0.1) is 5.41 Å². The van der Waals surface area contributed by atoms with Gasteiger partial charge in [-0.3, -0.25) is 11.3 Å². The number of nitrogens with two attached hydrogens (primary N) is 1. The summed E-state index contributed by atoms with van der Waals surface area (Å²) in [6.07, 6.45) is 0.153. The number of rotatable bonds is 4. The molecule has 12 heavy (non-hydrogen) atoms. The molecule has 0 rings (SSSR count). The van der Waals surface area contributed by atoms with E-state index in [9.17, 15) is 0 Å². The van der Waals surface area contributed by atoms with Crippen molar-refractivity contribution in [2.45, 2.75) is 46.8 Å². The number of ether oxygens (including phenoxy) is 1. The first-order valence-corrected chi connectivity index (χ1v) is 4.51. The number of hydrazine groups is 1. The largest absolute Gasteiger partial charge is 0.377 e. The van der Waals surface area contributed by atoms with Crippen LogP contribution in [-0.2, 0) is 4.74 Å². The van der Waals surface area contributed by atoms with Crippen molar-refractivity contribution in [1.82, 2.24) is 5.43 Å². The van der Waals surface area contributed by atoms with E-state index in [1.165, 1.54) is 0 Å². The van der Waals surface area contributed by atoms with Crippen molar-refractivity contribution in [2.75, 3.05) is 6.61 Å². The van der Waals surface area contributed by atoms with Gasteiger partial charge in [0.1, 0.15) is 0 Å². The van der Waals surface area contributed by atoms with Crippen LogP contribution in [0.5, 0.6) is 0 Å². The lowest BCUT2D eigenvalue weighted by atomic mass is 9.84. The van der Waals surface area contributed by atoms with Gasteiger partial charge in [0.15, 0.2) is 0 Å². The average molecular weight is 174 g/mol. The molecule has 0 radical (unpaired) electrons. The van der Waals surface area contributed by atoms with Crippen molar-refractivity contribution in [3.05, 3.63) is 0 Å². The Hall–Kier alpha value is -0.120. The van der Waals surface area contributed by atoms with Gasteiger partial charge in [0.05, 0.1) is 12.1 Å². The Kier molecular flexibility index (Phi) is 4.75. The molecule has 0 aromatic rings. The van der Waals surface area contributed by atoms with E-state index in [0.717, 1.165) is 6.61 Å². The van der Waals surface area contributed by atoms with Crippen LogP contribution in [0.3, 0.4) is 0 Å². The summed E-state index contributed by atoms with van der Waals surface area (Å²) >= 11 is 0. The van der Waals surface area contributed by atoms with Crippen LogP contribution in [0.25, 0.3) is 0 Å². The van der Waals surface area contributed by atoms with Gasteiger partial charge in [0, 0.05) is 6.61 Å². The fourth-order valence-corrected chi connectivity index (χ4v) is 1.45. The van der Waals surface area contributed by atoms with Crippen molar-refractivity contribution >= 4 is 0 Å². The lowest BCUT2D eigenvalue weighted by molar-refractivity contribution is 0.0146. The van der Waals surface area contributed by atoms with Crippen molar-refractivity contribution in [3.8, 4) is 0 Å². The number of hydrogen-bond donors (Lipinski definition) is 2. The third kappa shape index (κ3) is 3.52. The maximum absolute atomic E-state index is 5.48. The van der Waals surface area contributed by atoms with Gasteiger partial charge in [-0.05, 0) is 19.3 Å². The SMILES string of the molecule is CCOC(C)C(NN)C(C)(C)C. The zero-order chi connectivity index (χ0) is 9.78. The molecule has 0 aromatic heterocycles. The highest BCUT2D eigenvalue weighted by molar-refractivity contribution is 4.83. The second kappa shape index (κ2) is 4.80. The van der Waals surface area contributed by atoms with Crippen molar-refractivity contribution in [1.29, 1.82) is 0 Å². The van der Waals surface area contributed by atoms with E-state index in [4.69, 9.17) is 10.6 Å². The average Bonchev–Trinajstić information content (AvgIpc) is 1.85. The van der Waals surface area contributed by atoms with E-state index < -0.39 is 0 Å². The van der Waals surface area contributed by atoms with Gasteiger partial charge in [-0.2, -0.15) is 0 Å². The molecular formula is C9H22N2O. The minimum absolute atomic E-state index is 0.128. The standard InChI is InChI=1S/C9H22N2O/c1-6-12-7(2)8(11-10)9(3,4)5/h7-8,11H,6,10H2,1-5H3. The molecule has 0 saturated carbocycles. The second-order valence-electron chi connectivity index (χ2n) is 4.17. The summed E-state index contributed by atoms with van der Waals surface area (Å²) in [6, 6.07) is 0.192. The minimum Gasteiger partial charge on any atom is -0.377 e. The monoisotopic (exact) mass is 174 g/mol. The Bertz CT molecular complexity index is 120. The molecule has 0 bridgehead atoms. The Labute approximate surface area is 75.6 Å². The van der Waals surface area contributed by atoms with Crippen LogP contribution >= 0.6 is 0 Å². The van der Waals surface area contributed by atoms with Crippen molar-refractivity contribution in [2.24, 2.45) is 11.3 Å². The zero-order valence-electron chi connectivity index (χ0n) is 8.85. The lowest BCUT2D eigenvalue weighted by Gasteiger charge is -2.34. The summed E-state index contributed by atoms with van der Waals surface area (Å²) in [6.45, 7) is 11.2. The molecule has 0 aliphatic carbocycles. The van der Waals surface area contributed by atoms with E-state index in [2.05, 4.69) is 26.2 Å². The normalized spacial score (nSPS) is 17.5. The third-order valence-corrected chi connectivity index (χ3v) is 2.01. The van der Waals surface area contributed by atoms with Crippen LogP contribution in [0.1, 0.15) is 34.6 Å². The molecule has 3 nitrogen and oxygen atoms in total. The van der Waals surface area contributed by atoms with Gasteiger partial charge < -0.3 is 4.74 Å². The first kappa shape index (κ1) is 11.9.